The highest BCUT2D eigenvalue weighted by Crippen LogP contribution is 2.05. The number of amides is 1. The number of carbonyl (C=O) groups is 1. The number of hydrogen-bond donors (Lipinski definition) is 2. The summed E-state index contributed by atoms with van der Waals surface area (Å²) in [5, 5.41) is 3.18. The van der Waals surface area contributed by atoms with Gasteiger partial charge in [0.05, 0.1) is 5.56 Å². The minimum atomic E-state index is -0.444. The van der Waals surface area contributed by atoms with E-state index in [0.717, 1.165) is 18.8 Å². The molecule has 0 spiro atoms. The second-order valence-corrected chi connectivity index (χ2v) is 3.43. The summed E-state index contributed by atoms with van der Waals surface area (Å²) in [4.78, 5) is 14.9. The second kappa shape index (κ2) is 6.01. The Kier molecular flexibility index (Phi) is 4.60. The van der Waals surface area contributed by atoms with E-state index in [0.29, 0.717) is 5.56 Å². The van der Waals surface area contributed by atoms with Crippen LogP contribution in [0.25, 0.3) is 0 Å². The Hall–Kier alpha value is -1.58. The van der Waals surface area contributed by atoms with Gasteiger partial charge in [0.2, 0.25) is 5.91 Å². The summed E-state index contributed by atoms with van der Waals surface area (Å²) in [5.41, 5.74) is 5.54. The van der Waals surface area contributed by atoms with Crippen molar-refractivity contribution in [3.05, 3.63) is 23.9 Å². The molecule has 0 radical (unpaired) electrons. The molecule has 0 aliphatic heterocycles. The predicted molar refractivity (Wildman–Crippen MR) is 60.8 cm³/mol. The van der Waals surface area contributed by atoms with Gasteiger partial charge in [-0.25, -0.2) is 4.98 Å². The lowest BCUT2D eigenvalue weighted by Crippen LogP contribution is -2.11. The average molecular weight is 207 g/mol. The fourth-order valence-electron chi connectivity index (χ4n) is 1.24. The largest absolute Gasteiger partial charge is 0.370 e. The number of nitrogens with zero attached hydrogens (tertiary/aromatic N) is 1. The van der Waals surface area contributed by atoms with Gasteiger partial charge in [-0.1, -0.05) is 19.8 Å². The van der Waals surface area contributed by atoms with Crippen LogP contribution >= 0.6 is 0 Å². The molecule has 1 heterocycles. The highest BCUT2D eigenvalue weighted by molar-refractivity contribution is 5.92. The summed E-state index contributed by atoms with van der Waals surface area (Å²) >= 11 is 0. The van der Waals surface area contributed by atoms with Gasteiger partial charge < -0.3 is 11.1 Å². The Morgan fingerprint density at radius 2 is 2.27 bits per heavy atom. The van der Waals surface area contributed by atoms with Crippen molar-refractivity contribution in [1.82, 2.24) is 4.98 Å². The second-order valence-electron chi connectivity index (χ2n) is 3.43. The summed E-state index contributed by atoms with van der Waals surface area (Å²) < 4.78 is 0. The summed E-state index contributed by atoms with van der Waals surface area (Å²) in [6.07, 6.45) is 5.04. The quantitative estimate of drug-likeness (QED) is 0.699. The average Bonchev–Trinajstić information content (AvgIpc) is 2.25. The Bertz CT molecular complexity index is 308. The predicted octanol–water partition coefficient (Wildman–Crippen LogP) is 1.78. The van der Waals surface area contributed by atoms with Gasteiger partial charge in [0.1, 0.15) is 5.82 Å². The van der Waals surface area contributed by atoms with E-state index in [1.807, 2.05) is 0 Å². The Balaban J connectivity index is 2.39. The van der Waals surface area contributed by atoms with Crippen molar-refractivity contribution < 1.29 is 4.79 Å². The van der Waals surface area contributed by atoms with E-state index in [4.69, 9.17) is 5.73 Å². The standard InChI is InChI=1S/C11H17N3O/c1-2-3-4-7-13-10-6-5-9(8-14-10)11(12)15/h5-6,8H,2-4,7H2,1H3,(H2,12,15)(H,13,14). The third-order valence-corrected chi connectivity index (χ3v) is 2.13. The van der Waals surface area contributed by atoms with Crippen molar-refractivity contribution in [1.29, 1.82) is 0 Å². The van der Waals surface area contributed by atoms with Crippen LogP contribution in [0.5, 0.6) is 0 Å². The number of nitrogens with two attached hydrogens (primary N) is 1. The third-order valence-electron chi connectivity index (χ3n) is 2.13. The van der Waals surface area contributed by atoms with Crippen LogP contribution in [0.15, 0.2) is 18.3 Å². The topological polar surface area (TPSA) is 68.0 Å². The summed E-state index contributed by atoms with van der Waals surface area (Å²) in [7, 11) is 0. The van der Waals surface area contributed by atoms with Crippen molar-refractivity contribution in [2.75, 3.05) is 11.9 Å². The van der Waals surface area contributed by atoms with E-state index in [-0.39, 0.29) is 0 Å². The van der Waals surface area contributed by atoms with Crippen LogP contribution in [0.2, 0.25) is 0 Å². The van der Waals surface area contributed by atoms with Crippen LogP contribution in [0, 0.1) is 0 Å². The first-order chi connectivity index (χ1) is 7.24. The molecule has 82 valence electrons. The molecule has 0 saturated heterocycles. The van der Waals surface area contributed by atoms with Gasteiger partial charge in [-0.2, -0.15) is 0 Å². The molecule has 0 unspecified atom stereocenters. The van der Waals surface area contributed by atoms with Crippen molar-refractivity contribution in [2.24, 2.45) is 5.73 Å². The number of carbonyl (C=O) groups excluding carboxylic acids is 1. The zero-order chi connectivity index (χ0) is 11.1. The van der Waals surface area contributed by atoms with Crippen molar-refractivity contribution >= 4 is 11.7 Å². The molecular weight excluding hydrogens is 190 g/mol. The molecule has 3 N–H and O–H groups in total. The van der Waals surface area contributed by atoms with E-state index in [9.17, 15) is 4.79 Å². The first-order valence-electron chi connectivity index (χ1n) is 5.23. The lowest BCUT2D eigenvalue weighted by molar-refractivity contribution is 0.1000. The number of anilines is 1. The van der Waals surface area contributed by atoms with Gasteiger partial charge in [-0.05, 0) is 18.6 Å². The molecule has 0 aromatic carbocycles. The molecule has 0 aliphatic rings. The number of unbranched alkanes of at least 4 members (excludes halogenated alkanes) is 2. The first kappa shape index (κ1) is 11.5. The zero-order valence-electron chi connectivity index (χ0n) is 8.99. The van der Waals surface area contributed by atoms with E-state index in [1.54, 1.807) is 12.1 Å². The lowest BCUT2D eigenvalue weighted by atomic mass is 10.2. The maximum Gasteiger partial charge on any atom is 0.250 e. The maximum atomic E-state index is 10.8. The van der Waals surface area contributed by atoms with Crippen molar-refractivity contribution in [2.45, 2.75) is 26.2 Å². The van der Waals surface area contributed by atoms with Crippen LogP contribution in [-0.4, -0.2) is 17.4 Å². The third kappa shape index (κ3) is 3.97. The van der Waals surface area contributed by atoms with Gasteiger partial charge in [-0.3, -0.25) is 4.79 Å². The van der Waals surface area contributed by atoms with Crippen molar-refractivity contribution in [3.63, 3.8) is 0 Å². The van der Waals surface area contributed by atoms with E-state index in [1.165, 1.54) is 19.0 Å². The molecule has 1 aromatic heterocycles. The number of pyridine rings is 1. The van der Waals surface area contributed by atoms with E-state index < -0.39 is 5.91 Å². The number of nitrogens with one attached hydrogen (secondary N) is 1. The van der Waals surface area contributed by atoms with Gasteiger partial charge in [0, 0.05) is 12.7 Å². The van der Waals surface area contributed by atoms with Gasteiger partial charge >= 0.3 is 0 Å². The molecule has 1 aromatic rings. The minimum absolute atomic E-state index is 0.439. The number of primary amides is 1. The number of aromatic nitrogens is 1. The number of rotatable bonds is 6. The molecule has 15 heavy (non-hydrogen) atoms. The van der Waals surface area contributed by atoms with Crippen LogP contribution in [0.3, 0.4) is 0 Å². The van der Waals surface area contributed by atoms with E-state index >= 15 is 0 Å². The first-order valence-corrected chi connectivity index (χ1v) is 5.23. The molecule has 0 atom stereocenters. The fraction of sp³-hybridized carbons (Fsp3) is 0.455. The summed E-state index contributed by atoms with van der Waals surface area (Å²) in [5.74, 6) is 0.344. The van der Waals surface area contributed by atoms with Gasteiger partial charge in [0.25, 0.3) is 0 Å². The number of hydrogen-bond acceptors (Lipinski definition) is 3. The molecule has 4 heteroatoms. The molecule has 0 fully saturated rings. The smallest absolute Gasteiger partial charge is 0.250 e. The Morgan fingerprint density at radius 3 is 2.80 bits per heavy atom. The highest BCUT2D eigenvalue weighted by atomic mass is 16.1. The molecule has 0 bridgehead atoms. The molecule has 0 aliphatic carbocycles. The summed E-state index contributed by atoms with van der Waals surface area (Å²) in [6.45, 7) is 3.08. The highest BCUT2D eigenvalue weighted by Gasteiger charge is 1.99. The molecule has 1 amide bonds. The SMILES string of the molecule is CCCCCNc1ccc(C(N)=O)cn1. The normalized spacial score (nSPS) is 9.93. The molecule has 0 saturated carbocycles. The van der Waals surface area contributed by atoms with Crippen LogP contribution in [-0.2, 0) is 0 Å². The van der Waals surface area contributed by atoms with Gasteiger partial charge in [0.15, 0.2) is 0 Å². The van der Waals surface area contributed by atoms with Crippen LogP contribution in [0.4, 0.5) is 5.82 Å². The molecular formula is C11H17N3O. The molecule has 1 rings (SSSR count). The summed E-state index contributed by atoms with van der Waals surface area (Å²) in [6, 6.07) is 3.45. The zero-order valence-corrected chi connectivity index (χ0v) is 8.99. The Morgan fingerprint density at radius 1 is 1.47 bits per heavy atom. The van der Waals surface area contributed by atoms with E-state index in [2.05, 4.69) is 17.2 Å². The van der Waals surface area contributed by atoms with Gasteiger partial charge in [-0.15, -0.1) is 0 Å². The Labute approximate surface area is 89.9 Å². The minimum Gasteiger partial charge on any atom is -0.370 e. The lowest BCUT2D eigenvalue weighted by Gasteiger charge is -2.04. The van der Waals surface area contributed by atoms with Crippen LogP contribution < -0.4 is 11.1 Å². The molecule has 4 nitrogen and oxygen atoms in total. The van der Waals surface area contributed by atoms with Crippen molar-refractivity contribution in [3.8, 4) is 0 Å². The maximum absolute atomic E-state index is 10.8. The van der Waals surface area contributed by atoms with Crippen LogP contribution in [0.1, 0.15) is 36.5 Å². The monoisotopic (exact) mass is 207 g/mol. The fourth-order valence-corrected chi connectivity index (χ4v) is 1.24.